The standard InChI is InChI=1S/C16H29N3S/c1-13(11-14-7-4-5-9-17-14)18-12-15(19(2)3)16-8-6-10-20-16/h6,8,10,13-15,17-18H,4-5,7,9,11-12H2,1-3H3. The van der Waals surface area contributed by atoms with E-state index in [2.05, 4.69) is 54.1 Å². The first-order valence-corrected chi connectivity index (χ1v) is 8.71. The van der Waals surface area contributed by atoms with Gasteiger partial charge in [-0.1, -0.05) is 12.5 Å². The number of hydrogen-bond acceptors (Lipinski definition) is 4. The van der Waals surface area contributed by atoms with E-state index >= 15 is 0 Å². The molecule has 0 bridgehead atoms. The minimum atomic E-state index is 0.483. The van der Waals surface area contributed by atoms with Gasteiger partial charge in [-0.05, 0) is 58.3 Å². The zero-order valence-electron chi connectivity index (χ0n) is 13.1. The summed E-state index contributed by atoms with van der Waals surface area (Å²) in [5.74, 6) is 0. The molecule has 0 radical (unpaired) electrons. The molecule has 1 aliphatic rings. The van der Waals surface area contributed by atoms with Crippen molar-refractivity contribution in [3.8, 4) is 0 Å². The molecule has 2 rings (SSSR count). The lowest BCUT2D eigenvalue weighted by molar-refractivity contribution is 0.274. The lowest BCUT2D eigenvalue weighted by Crippen LogP contribution is -2.42. The summed E-state index contributed by atoms with van der Waals surface area (Å²) in [5, 5.41) is 9.53. The van der Waals surface area contributed by atoms with Crippen molar-refractivity contribution in [1.29, 1.82) is 0 Å². The first-order chi connectivity index (χ1) is 9.66. The maximum atomic E-state index is 3.72. The van der Waals surface area contributed by atoms with Crippen LogP contribution in [0.15, 0.2) is 17.5 Å². The van der Waals surface area contributed by atoms with E-state index in [1.165, 1.54) is 37.1 Å². The maximum Gasteiger partial charge on any atom is 0.0561 e. The Labute approximate surface area is 127 Å². The van der Waals surface area contributed by atoms with Crippen molar-refractivity contribution in [1.82, 2.24) is 15.5 Å². The summed E-state index contributed by atoms with van der Waals surface area (Å²) in [4.78, 5) is 3.76. The second kappa shape index (κ2) is 8.13. The first-order valence-electron chi connectivity index (χ1n) is 7.83. The predicted molar refractivity (Wildman–Crippen MR) is 88.5 cm³/mol. The Hall–Kier alpha value is -0.420. The van der Waals surface area contributed by atoms with E-state index in [0.717, 1.165) is 6.54 Å². The highest BCUT2D eigenvalue weighted by atomic mass is 32.1. The summed E-state index contributed by atoms with van der Waals surface area (Å²) in [5.41, 5.74) is 0. The van der Waals surface area contributed by atoms with Crippen LogP contribution < -0.4 is 10.6 Å². The molecule has 3 nitrogen and oxygen atoms in total. The third-order valence-corrected chi connectivity index (χ3v) is 5.18. The van der Waals surface area contributed by atoms with Crippen LogP contribution in [0.5, 0.6) is 0 Å². The number of nitrogens with zero attached hydrogens (tertiary/aromatic N) is 1. The van der Waals surface area contributed by atoms with E-state index in [1.54, 1.807) is 0 Å². The van der Waals surface area contributed by atoms with Crippen LogP contribution in [0.3, 0.4) is 0 Å². The van der Waals surface area contributed by atoms with Crippen LogP contribution in [0, 0.1) is 0 Å². The van der Waals surface area contributed by atoms with Crippen molar-refractivity contribution < 1.29 is 0 Å². The van der Waals surface area contributed by atoms with Crippen LogP contribution in [0.25, 0.3) is 0 Å². The summed E-state index contributed by atoms with van der Waals surface area (Å²) in [6, 6.07) is 6.16. The molecular weight excluding hydrogens is 266 g/mol. The molecule has 2 heterocycles. The monoisotopic (exact) mass is 295 g/mol. The maximum absolute atomic E-state index is 3.72. The van der Waals surface area contributed by atoms with Crippen LogP contribution in [0.4, 0.5) is 0 Å². The van der Waals surface area contributed by atoms with Gasteiger partial charge in [-0.15, -0.1) is 11.3 Å². The van der Waals surface area contributed by atoms with Gasteiger partial charge in [0.25, 0.3) is 0 Å². The van der Waals surface area contributed by atoms with Gasteiger partial charge in [0.2, 0.25) is 0 Å². The third-order valence-electron chi connectivity index (χ3n) is 4.21. The van der Waals surface area contributed by atoms with Gasteiger partial charge in [0.1, 0.15) is 0 Å². The highest BCUT2D eigenvalue weighted by molar-refractivity contribution is 7.10. The molecule has 1 saturated heterocycles. The summed E-state index contributed by atoms with van der Waals surface area (Å²) in [6.45, 7) is 4.55. The van der Waals surface area contributed by atoms with Crippen molar-refractivity contribution in [2.24, 2.45) is 0 Å². The van der Waals surface area contributed by atoms with E-state index < -0.39 is 0 Å². The van der Waals surface area contributed by atoms with Gasteiger partial charge >= 0.3 is 0 Å². The smallest absolute Gasteiger partial charge is 0.0561 e. The van der Waals surface area contributed by atoms with Gasteiger partial charge < -0.3 is 15.5 Å². The number of thiophene rings is 1. The van der Waals surface area contributed by atoms with Gasteiger partial charge in [0.05, 0.1) is 6.04 Å². The van der Waals surface area contributed by atoms with Crippen LogP contribution in [-0.4, -0.2) is 44.2 Å². The Kier molecular flexibility index (Phi) is 6.49. The molecule has 2 N–H and O–H groups in total. The fourth-order valence-electron chi connectivity index (χ4n) is 2.97. The minimum absolute atomic E-state index is 0.483. The molecule has 4 heteroatoms. The van der Waals surface area contributed by atoms with Gasteiger partial charge in [0.15, 0.2) is 0 Å². The highest BCUT2D eigenvalue weighted by Crippen LogP contribution is 2.22. The predicted octanol–water partition coefficient (Wildman–Crippen LogP) is 2.86. The molecule has 0 saturated carbocycles. The number of nitrogens with one attached hydrogen (secondary N) is 2. The Morgan fingerprint density at radius 2 is 2.30 bits per heavy atom. The topological polar surface area (TPSA) is 27.3 Å². The summed E-state index contributed by atoms with van der Waals surface area (Å²) in [7, 11) is 4.33. The molecule has 1 aliphatic heterocycles. The lowest BCUT2D eigenvalue weighted by Gasteiger charge is -2.29. The molecule has 3 atom stereocenters. The largest absolute Gasteiger partial charge is 0.314 e. The first kappa shape index (κ1) is 16.0. The van der Waals surface area contributed by atoms with E-state index in [4.69, 9.17) is 0 Å². The lowest BCUT2D eigenvalue weighted by atomic mass is 9.98. The third kappa shape index (κ3) is 4.85. The molecule has 0 spiro atoms. The molecule has 1 aromatic heterocycles. The SMILES string of the molecule is CC(CC1CCCCN1)NCC(c1cccs1)N(C)C. The molecule has 20 heavy (non-hydrogen) atoms. The summed E-state index contributed by atoms with van der Waals surface area (Å²) >= 11 is 1.85. The van der Waals surface area contributed by atoms with E-state index in [-0.39, 0.29) is 0 Å². The molecule has 1 aromatic rings. The molecular formula is C16H29N3S. The number of piperidine rings is 1. The fourth-order valence-corrected chi connectivity index (χ4v) is 3.89. The molecule has 1 fully saturated rings. The van der Waals surface area contributed by atoms with Crippen LogP contribution in [0.2, 0.25) is 0 Å². The van der Waals surface area contributed by atoms with Crippen molar-refractivity contribution in [2.45, 2.75) is 50.7 Å². The normalized spacial score (nSPS) is 22.9. The Bertz CT molecular complexity index is 358. The number of hydrogen-bond donors (Lipinski definition) is 2. The van der Waals surface area contributed by atoms with Gasteiger partial charge in [-0.2, -0.15) is 0 Å². The highest BCUT2D eigenvalue weighted by Gasteiger charge is 2.18. The average Bonchev–Trinajstić information content (AvgIpc) is 2.93. The van der Waals surface area contributed by atoms with Crippen molar-refractivity contribution in [2.75, 3.05) is 27.2 Å². The van der Waals surface area contributed by atoms with Crippen molar-refractivity contribution in [3.05, 3.63) is 22.4 Å². The Morgan fingerprint density at radius 3 is 2.90 bits per heavy atom. The number of likely N-dealkylation sites (N-methyl/N-ethyl adjacent to an activating group) is 1. The van der Waals surface area contributed by atoms with Crippen molar-refractivity contribution in [3.63, 3.8) is 0 Å². The summed E-state index contributed by atoms with van der Waals surface area (Å²) < 4.78 is 0. The van der Waals surface area contributed by atoms with E-state index in [1.807, 2.05) is 11.3 Å². The van der Waals surface area contributed by atoms with Gasteiger partial charge in [0, 0.05) is 23.5 Å². The van der Waals surface area contributed by atoms with Crippen LogP contribution in [0.1, 0.15) is 43.5 Å². The number of rotatable bonds is 7. The fraction of sp³-hybridized carbons (Fsp3) is 0.750. The zero-order valence-corrected chi connectivity index (χ0v) is 13.9. The quantitative estimate of drug-likeness (QED) is 0.810. The minimum Gasteiger partial charge on any atom is -0.314 e. The van der Waals surface area contributed by atoms with Gasteiger partial charge in [-0.25, -0.2) is 0 Å². The Morgan fingerprint density at radius 1 is 1.45 bits per heavy atom. The van der Waals surface area contributed by atoms with E-state index in [0.29, 0.717) is 18.1 Å². The second-order valence-electron chi connectivity index (χ2n) is 6.19. The molecule has 0 amide bonds. The van der Waals surface area contributed by atoms with Crippen LogP contribution in [-0.2, 0) is 0 Å². The van der Waals surface area contributed by atoms with Gasteiger partial charge in [-0.3, -0.25) is 0 Å². The van der Waals surface area contributed by atoms with Crippen molar-refractivity contribution >= 4 is 11.3 Å². The molecule has 0 aromatic carbocycles. The van der Waals surface area contributed by atoms with Crippen LogP contribution >= 0.6 is 11.3 Å². The summed E-state index contributed by atoms with van der Waals surface area (Å²) in [6.07, 6.45) is 5.32. The molecule has 3 unspecified atom stereocenters. The zero-order chi connectivity index (χ0) is 14.4. The Balaban J connectivity index is 1.77. The molecule has 114 valence electrons. The van der Waals surface area contributed by atoms with E-state index in [9.17, 15) is 0 Å². The average molecular weight is 295 g/mol. The second-order valence-corrected chi connectivity index (χ2v) is 7.17. The molecule has 0 aliphatic carbocycles.